The molecule has 1 fully saturated rings. The number of nitrogens with zero attached hydrogens (tertiary/aromatic N) is 2. The van der Waals surface area contributed by atoms with E-state index < -0.39 is 0 Å². The Morgan fingerprint density at radius 2 is 0.797 bits per heavy atom. The van der Waals surface area contributed by atoms with E-state index in [1.54, 1.807) is 11.1 Å². The van der Waals surface area contributed by atoms with E-state index in [1.807, 2.05) is 0 Å². The highest BCUT2D eigenvalue weighted by Gasteiger charge is 2.59. The first-order valence-corrected chi connectivity index (χ1v) is 25.4. The molecule has 0 heterocycles. The summed E-state index contributed by atoms with van der Waals surface area (Å²) in [5.74, 6) is 0.984. The molecule has 69 heavy (non-hydrogen) atoms. The van der Waals surface area contributed by atoms with E-state index in [0.29, 0.717) is 11.8 Å². The zero-order valence-electron chi connectivity index (χ0n) is 39.8. The first kappa shape index (κ1) is 41.7. The van der Waals surface area contributed by atoms with Gasteiger partial charge in [0.2, 0.25) is 0 Å². The van der Waals surface area contributed by atoms with Crippen molar-refractivity contribution in [3.63, 3.8) is 0 Å². The molecular weight excluding hydrogens is 833 g/mol. The number of para-hydroxylation sites is 2. The third kappa shape index (κ3) is 6.67. The maximum absolute atomic E-state index is 2.63. The van der Waals surface area contributed by atoms with Crippen molar-refractivity contribution in [1.82, 2.24) is 0 Å². The fourth-order valence-electron chi connectivity index (χ4n) is 13.7. The summed E-state index contributed by atoms with van der Waals surface area (Å²) in [7, 11) is 0. The Hall–Kier alpha value is -7.42. The van der Waals surface area contributed by atoms with E-state index >= 15 is 0 Å². The van der Waals surface area contributed by atoms with Gasteiger partial charge >= 0.3 is 0 Å². The van der Waals surface area contributed by atoms with Crippen LogP contribution in [0.1, 0.15) is 79.3 Å². The predicted octanol–water partition coefficient (Wildman–Crippen LogP) is 17.9. The standard InChI is InChI=1S/C67H58N2/c1-66(2)60-30-16-15-29-58(60)59-42-41-57(45-61(59)66)69(55-27-13-6-14-28-55)63-32-18-22-51-44-53-24-10-4-9-23-52-43-50-21-17-31-62(64(50)67(52,53)65(51)63)68(54-25-11-5-12-26-54)56-39-37-49(38-40-56)48-35-33-47(34-36-48)46-19-7-3-8-20-46/h3,5-8,11-22,25-42,45,52-53H,4,9-10,23-24,43-44H2,1-2H3. The topological polar surface area (TPSA) is 6.48 Å². The summed E-state index contributed by atoms with van der Waals surface area (Å²) in [6.07, 6.45) is 8.54. The molecule has 4 aliphatic rings. The van der Waals surface area contributed by atoms with E-state index in [-0.39, 0.29) is 10.8 Å². The van der Waals surface area contributed by atoms with Crippen molar-refractivity contribution in [2.75, 3.05) is 9.80 Å². The van der Waals surface area contributed by atoms with Crippen LogP contribution < -0.4 is 9.80 Å². The second-order valence-electron chi connectivity index (χ2n) is 20.7. The van der Waals surface area contributed by atoms with E-state index in [4.69, 9.17) is 0 Å². The van der Waals surface area contributed by atoms with Gasteiger partial charge in [0.05, 0.1) is 11.4 Å². The summed E-state index contributed by atoms with van der Waals surface area (Å²) in [4.78, 5) is 5.22. The summed E-state index contributed by atoms with van der Waals surface area (Å²) in [5, 5.41) is 0. The molecule has 0 amide bonds. The van der Waals surface area contributed by atoms with Crippen molar-refractivity contribution in [3.05, 3.63) is 252 Å². The molecule has 0 N–H and O–H groups in total. The van der Waals surface area contributed by atoms with Gasteiger partial charge in [0.1, 0.15) is 0 Å². The lowest BCUT2D eigenvalue weighted by Gasteiger charge is -2.45. The highest BCUT2D eigenvalue weighted by Crippen LogP contribution is 2.66. The smallest absolute Gasteiger partial charge is 0.0505 e. The van der Waals surface area contributed by atoms with Crippen LogP contribution in [-0.2, 0) is 23.7 Å². The lowest BCUT2D eigenvalue weighted by Crippen LogP contribution is -2.40. The molecule has 336 valence electrons. The van der Waals surface area contributed by atoms with Gasteiger partial charge in [-0.1, -0.05) is 191 Å². The Labute approximate surface area is 408 Å². The second kappa shape index (κ2) is 16.7. The first-order valence-electron chi connectivity index (χ1n) is 25.4. The minimum Gasteiger partial charge on any atom is -0.310 e. The second-order valence-corrected chi connectivity index (χ2v) is 20.7. The van der Waals surface area contributed by atoms with Gasteiger partial charge in [-0.25, -0.2) is 0 Å². The third-order valence-corrected chi connectivity index (χ3v) is 16.7. The quantitative estimate of drug-likeness (QED) is 0.150. The van der Waals surface area contributed by atoms with Crippen molar-refractivity contribution in [1.29, 1.82) is 0 Å². The van der Waals surface area contributed by atoms with Gasteiger partial charge in [-0.2, -0.15) is 0 Å². The largest absolute Gasteiger partial charge is 0.310 e. The Morgan fingerprint density at radius 1 is 0.362 bits per heavy atom. The summed E-state index contributed by atoms with van der Waals surface area (Å²) in [6.45, 7) is 4.81. The lowest BCUT2D eigenvalue weighted by molar-refractivity contribution is 0.205. The number of benzene rings is 9. The minimum atomic E-state index is -0.176. The monoisotopic (exact) mass is 890 g/mol. The van der Waals surface area contributed by atoms with Crippen molar-refractivity contribution >= 4 is 34.1 Å². The van der Waals surface area contributed by atoms with Gasteiger partial charge in [0.25, 0.3) is 0 Å². The highest BCUT2D eigenvalue weighted by molar-refractivity contribution is 5.89. The molecule has 1 spiro atoms. The molecule has 0 saturated heterocycles. The molecule has 2 heteroatoms. The molecule has 3 atom stereocenters. The Morgan fingerprint density at radius 3 is 1.36 bits per heavy atom. The molecule has 2 nitrogen and oxygen atoms in total. The zero-order chi connectivity index (χ0) is 46.1. The van der Waals surface area contributed by atoms with Crippen LogP contribution in [0, 0.1) is 11.8 Å². The Kier molecular flexibility index (Phi) is 10.1. The fraction of sp³-hybridized carbons (Fsp3) is 0.194. The molecule has 0 aromatic heterocycles. The van der Waals surface area contributed by atoms with Crippen LogP contribution in [0.15, 0.2) is 218 Å². The van der Waals surface area contributed by atoms with Crippen LogP contribution in [0.5, 0.6) is 0 Å². The molecule has 0 radical (unpaired) electrons. The van der Waals surface area contributed by atoms with Crippen molar-refractivity contribution in [2.24, 2.45) is 11.8 Å². The number of hydrogen-bond donors (Lipinski definition) is 0. The number of hydrogen-bond acceptors (Lipinski definition) is 2. The Balaban J connectivity index is 0.993. The summed E-state index contributed by atoms with van der Waals surface area (Å²) < 4.78 is 0. The molecule has 0 bridgehead atoms. The maximum Gasteiger partial charge on any atom is 0.0505 e. The molecule has 9 aromatic rings. The van der Waals surface area contributed by atoms with E-state index in [0.717, 1.165) is 12.8 Å². The molecule has 1 saturated carbocycles. The lowest BCUT2D eigenvalue weighted by atomic mass is 9.60. The van der Waals surface area contributed by atoms with Crippen LogP contribution in [0.25, 0.3) is 33.4 Å². The summed E-state index contributed by atoms with van der Waals surface area (Å²) in [5.41, 5.74) is 23.8. The number of anilines is 6. The molecule has 3 unspecified atom stereocenters. The highest BCUT2D eigenvalue weighted by atomic mass is 15.2. The van der Waals surface area contributed by atoms with Gasteiger partial charge in [-0.3, -0.25) is 0 Å². The minimum absolute atomic E-state index is 0.108. The van der Waals surface area contributed by atoms with Crippen molar-refractivity contribution in [2.45, 2.75) is 69.6 Å². The maximum atomic E-state index is 2.63. The normalized spacial score (nSPS) is 19.2. The predicted molar refractivity (Wildman–Crippen MR) is 289 cm³/mol. The van der Waals surface area contributed by atoms with E-state index in [2.05, 4.69) is 242 Å². The molecule has 9 aromatic carbocycles. The summed E-state index contributed by atoms with van der Waals surface area (Å²) >= 11 is 0. The summed E-state index contributed by atoms with van der Waals surface area (Å²) in [6, 6.07) is 82.3. The van der Waals surface area contributed by atoms with Crippen LogP contribution in [0.2, 0.25) is 0 Å². The first-order chi connectivity index (χ1) is 34.0. The molecule has 4 aliphatic carbocycles. The van der Waals surface area contributed by atoms with Gasteiger partial charge < -0.3 is 9.80 Å². The van der Waals surface area contributed by atoms with E-state index in [9.17, 15) is 0 Å². The van der Waals surface area contributed by atoms with Gasteiger partial charge in [0, 0.05) is 33.6 Å². The molecule has 13 rings (SSSR count). The van der Waals surface area contributed by atoms with Crippen molar-refractivity contribution in [3.8, 4) is 33.4 Å². The number of fused-ring (bicyclic) bond motifs is 5. The SMILES string of the molecule is CC1(C)c2ccccc2-c2ccc(N(c3ccccc3)c3cccc4c3C35c6c(cccc6N(c6ccccc6)c6ccc(-c7ccc(-c8ccccc8)cc7)cc6)CC3CCCCCC5C4)cc21. The van der Waals surface area contributed by atoms with Crippen LogP contribution in [0.3, 0.4) is 0 Å². The van der Waals surface area contributed by atoms with Crippen LogP contribution in [0.4, 0.5) is 34.1 Å². The number of rotatable bonds is 8. The van der Waals surface area contributed by atoms with Gasteiger partial charge in [-0.05, 0) is 165 Å². The van der Waals surface area contributed by atoms with Gasteiger partial charge in [0.15, 0.2) is 0 Å². The average Bonchev–Trinajstić information content (AvgIpc) is 3.98. The Bertz CT molecular complexity index is 3330. The van der Waals surface area contributed by atoms with Gasteiger partial charge in [-0.15, -0.1) is 0 Å². The zero-order valence-corrected chi connectivity index (χ0v) is 39.8. The van der Waals surface area contributed by atoms with Crippen LogP contribution in [-0.4, -0.2) is 0 Å². The molecular formula is C67H58N2. The van der Waals surface area contributed by atoms with Crippen LogP contribution >= 0.6 is 0 Å². The average molecular weight is 891 g/mol. The third-order valence-electron chi connectivity index (χ3n) is 16.7. The molecule has 0 aliphatic heterocycles. The van der Waals surface area contributed by atoms with E-state index in [1.165, 1.54) is 122 Å². The van der Waals surface area contributed by atoms with Crippen molar-refractivity contribution < 1.29 is 0 Å². The fourth-order valence-corrected chi connectivity index (χ4v) is 13.7.